The molecule has 0 fully saturated rings. The van der Waals surface area contributed by atoms with Crippen LogP contribution in [-0.4, -0.2) is 25.5 Å². The predicted molar refractivity (Wildman–Crippen MR) is 65.7 cm³/mol. The van der Waals surface area contributed by atoms with Crippen LogP contribution in [0.2, 0.25) is 0 Å². The highest BCUT2D eigenvalue weighted by Gasteiger charge is 2.21. The lowest BCUT2D eigenvalue weighted by atomic mass is 10.1. The van der Waals surface area contributed by atoms with Crippen LogP contribution in [0.4, 0.5) is 11.4 Å². The highest BCUT2D eigenvalue weighted by Crippen LogP contribution is 2.30. The minimum atomic E-state index is 0.0494. The Morgan fingerprint density at radius 3 is 3.06 bits per heavy atom. The molecule has 0 radical (unpaired) electrons. The van der Waals surface area contributed by atoms with Crippen LogP contribution in [-0.2, 0) is 4.79 Å². The summed E-state index contributed by atoms with van der Waals surface area (Å²) in [6.07, 6.45) is 0.903. The van der Waals surface area contributed by atoms with Crippen LogP contribution in [0.3, 0.4) is 0 Å². The highest BCUT2D eigenvalue weighted by atomic mass is 16.2. The number of aryl methyl sites for hydroxylation is 1. The third-order valence-electron chi connectivity index (χ3n) is 2.73. The van der Waals surface area contributed by atoms with E-state index in [1.54, 1.807) is 0 Å². The second-order valence-corrected chi connectivity index (χ2v) is 4.13. The fraction of sp³-hybridized carbons (Fsp3) is 0.417. The van der Waals surface area contributed by atoms with Gasteiger partial charge in [0, 0.05) is 6.54 Å². The van der Waals surface area contributed by atoms with E-state index in [1.165, 1.54) is 5.56 Å². The maximum absolute atomic E-state index is 11.5. The first-order chi connectivity index (χ1) is 7.70. The third-order valence-corrected chi connectivity index (χ3v) is 2.73. The van der Waals surface area contributed by atoms with Gasteiger partial charge in [-0.15, -0.1) is 0 Å². The van der Waals surface area contributed by atoms with Crippen molar-refractivity contribution in [2.24, 2.45) is 5.73 Å². The summed E-state index contributed by atoms with van der Waals surface area (Å²) in [5.41, 5.74) is 8.71. The monoisotopic (exact) mass is 219 g/mol. The van der Waals surface area contributed by atoms with E-state index in [4.69, 9.17) is 5.73 Å². The SMILES string of the molecule is Cc1ccc2c(c1)N(CCCN)CC(=O)N2. The maximum atomic E-state index is 11.5. The van der Waals surface area contributed by atoms with E-state index in [2.05, 4.69) is 23.2 Å². The zero-order valence-corrected chi connectivity index (χ0v) is 9.49. The lowest BCUT2D eigenvalue weighted by Gasteiger charge is -2.31. The number of nitrogens with one attached hydrogen (secondary N) is 1. The molecule has 0 saturated heterocycles. The van der Waals surface area contributed by atoms with Gasteiger partial charge in [0.1, 0.15) is 0 Å². The van der Waals surface area contributed by atoms with Crippen molar-refractivity contribution in [1.29, 1.82) is 0 Å². The molecule has 0 spiro atoms. The number of hydrogen-bond donors (Lipinski definition) is 2. The van der Waals surface area contributed by atoms with Crippen LogP contribution in [0.1, 0.15) is 12.0 Å². The van der Waals surface area contributed by atoms with Gasteiger partial charge in [-0.1, -0.05) is 6.07 Å². The van der Waals surface area contributed by atoms with Crippen molar-refractivity contribution >= 4 is 17.3 Å². The van der Waals surface area contributed by atoms with E-state index < -0.39 is 0 Å². The molecule has 1 aliphatic rings. The van der Waals surface area contributed by atoms with Gasteiger partial charge in [-0.25, -0.2) is 0 Å². The van der Waals surface area contributed by atoms with E-state index >= 15 is 0 Å². The second-order valence-electron chi connectivity index (χ2n) is 4.13. The zero-order valence-electron chi connectivity index (χ0n) is 9.49. The van der Waals surface area contributed by atoms with Crippen LogP contribution < -0.4 is 16.0 Å². The molecule has 0 aromatic heterocycles. The second kappa shape index (κ2) is 4.53. The van der Waals surface area contributed by atoms with Crippen molar-refractivity contribution < 1.29 is 4.79 Å². The van der Waals surface area contributed by atoms with E-state index in [0.29, 0.717) is 13.1 Å². The third kappa shape index (κ3) is 2.17. The molecule has 4 heteroatoms. The summed E-state index contributed by atoms with van der Waals surface area (Å²) in [5.74, 6) is 0.0494. The lowest BCUT2D eigenvalue weighted by Crippen LogP contribution is -2.39. The number of hydrogen-bond acceptors (Lipinski definition) is 3. The summed E-state index contributed by atoms with van der Waals surface area (Å²) in [5, 5.41) is 2.88. The molecule has 1 aromatic carbocycles. The Morgan fingerprint density at radius 2 is 2.31 bits per heavy atom. The van der Waals surface area contributed by atoms with Gasteiger partial charge in [0.15, 0.2) is 0 Å². The summed E-state index contributed by atoms with van der Waals surface area (Å²) in [6, 6.07) is 6.06. The van der Waals surface area contributed by atoms with Crippen molar-refractivity contribution in [2.45, 2.75) is 13.3 Å². The molecule has 1 amide bonds. The Morgan fingerprint density at radius 1 is 1.50 bits per heavy atom. The minimum absolute atomic E-state index is 0.0494. The van der Waals surface area contributed by atoms with Crippen molar-refractivity contribution in [3.63, 3.8) is 0 Å². The Hall–Kier alpha value is -1.55. The topological polar surface area (TPSA) is 58.4 Å². The number of rotatable bonds is 3. The zero-order chi connectivity index (χ0) is 11.5. The smallest absolute Gasteiger partial charge is 0.243 e. The van der Waals surface area contributed by atoms with Crippen LogP contribution in [0.15, 0.2) is 18.2 Å². The Labute approximate surface area is 95.4 Å². The van der Waals surface area contributed by atoms with E-state index in [-0.39, 0.29) is 5.91 Å². The van der Waals surface area contributed by atoms with Gasteiger partial charge in [-0.05, 0) is 37.6 Å². The fourth-order valence-electron chi connectivity index (χ4n) is 1.94. The van der Waals surface area contributed by atoms with E-state index in [9.17, 15) is 4.79 Å². The molecule has 1 aliphatic heterocycles. The number of carbonyl (C=O) groups is 1. The first kappa shape index (κ1) is 11.0. The molecule has 2 rings (SSSR count). The molecule has 1 aromatic rings. The van der Waals surface area contributed by atoms with Gasteiger partial charge in [-0.2, -0.15) is 0 Å². The van der Waals surface area contributed by atoms with Gasteiger partial charge >= 0.3 is 0 Å². The molecule has 0 aliphatic carbocycles. The summed E-state index contributed by atoms with van der Waals surface area (Å²) < 4.78 is 0. The van der Waals surface area contributed by atoms with Gasteiger partial charge < -0.3 is 16.0 Å². The molecule has 0 unspecified atom stereocenters. The molecule has 3 N–H and O–H groups in total. The van der Waals surface area contributed by atoms with Gasteiger partial charge in [0.05, 0.1) is 17.9 Å². The molecule has 1 heterocycles. The summed E-state index contributed by atoms with van der Waals surface area (Å²) in [4.78, 5) is 13.6. The van der Waals surface area contributed by atoms with Crippen LogP contribution in [0, 0.1) is 6.92 Å². The molecule has 0 atom stereocenters. The van der Waals surface area contributed by atoms with Gasteiger partial charge in [-0.3, -0.25) is 4.79 Å². The first-order valence-corrected chi connectivity index (χ1v) is 5.56. The molecule has 0 saturated carbocycles. The minimum Gasteiger partial charge on any atom is -0.360 e. The largest absolute Gasteiger partial charge is 0.360 e. The van der Waals surface area contributed by atoms with Crippen molar-refractivity contribution in [1.82, 2.24) is 0 Å². The van der Waals surface area contributed by atoms with Crippen LogP contribution in [0.5, 0.6) is 0 Å². The van der Waals surface area contributed by atoms with Crippen LogP contribution >= 0.6 is 0 Å². The Kier molecular flexibility index (Phi) is 3.10. The molecule has 4 nitrogen and oxygen atoms in total. The number of nitrogens with two attached hydrogens (primary N) is 1. The molecular formula is C12H17N3O. The number of carbonyl (C=O) groups excluding carboxylic acids is 1. The summed E-state index contributed by atoms with van der Waals surface area (Å²) in [7, 11) is 0. The lowest BCUT2D eigenvalue weighted by molar-refractivity contribution is -0.115. The van der Waals surface area contributed by atoms with Crippen LogP contribution in [0.25, 0.3) is 0 Å². The normalized spacial score (nSPS) is 14.6. The van der Waals surface area contributed by atoms with Crippen molar-refractivity contribution in [3.05, 3.63) is 23.8 Å². The van der Waals surface area contributed by atoms with E-state index in [0.717, 1.165) is 24.3 Å². The summed E-state index contributed by atoms with van der Waals surface area (Å²) >= 11 is 0. The molecule has 0 bridgehead atoms. The van der Waals surface area contributed by atoms with Gasteiger partial charge in [0.25, 0.3) is 0 Å². The number of nitrogens with zero attached hydrogens (tertiary/aromatic N) is 1. The first-order valence-electron chi connectivity index (χ1n) is 5.56. The quantitative estimate of drug-likeness (QED) is 0.800. The standard InChI is InChI=1S/C12H17N3O/c1-9-3-4-10-11(7-9)15(6-2-5-13)8-12(16)14-10/h3-4,7H,2,5-6,8,13H2,1H3,(H,14,16). The average Bonchev–Trinajstić information content (AvgIpc) is 2.26. The number of anilines is 2. The number of fused-ring (bicyclic) bond motifs is 1. The average molecular weight is 219 g/mol. The molecule has 86 valence electrons. The predicted octanol–water partition coefficient (Wildman–Crippen LogP) is 1.10. The summed E-state index contributed by atoms with van der Waals surface area (Å²) in [6.45, 7) is 3.97. The molecule has 16 heavy (non-hydrogen) atoms. The maximum Gasteiger partial charge on any atom is 0.243 e. The Bertz CT molecular complexity index is 403. The van der Waals surface area contributed by atoms with E-state index in [1.807, 2.05) is 12.1 Å². The number of benzene rings is 1. The number of amides is 1. The highest BCUT2D eigenvalue weighted by molar-refractivity contribution is 6.01. The Balaban J connectivity index is 2.28. The van der Waals surface area contributed by atoms with Crippen molar-refractivity contribution in [2.75, 3.05) is 29.9 Å². The fourth-order valence-corrected chi connectivity index (χ4v) is 1.94. The van der Waals surface area contributed by atoms with Gasteiger partial charge in [0.2, 0.25) is 5.91 Å². The van der Waals surface area contributed by atoms with Crippen molar-refractivity contribution in [3.8, 4) is 0 Å². The molecular weight excluding hydrogens is 202 g/mol.